The predicted molar refractivity (Wildman–Crippen MR) is 47.5 cm³/mol. The molecule has 0 N–H and O–H groups in total. The molecule has 0 fully saturated rings. The minimum atomic E-state index is 0.801. The van der Waals surface area contributed by atoms with Crippen LogP contribution >= 0.6 is 22.6 Å². The van der Waals surface area contributed by atoms with E-state index in [-0.39, 0.29) is 0 Å². The Kier molecular flexibility index (Phi) is 1.22. The zero-order valence-corrected chi connectivity index (χ0v) is 7.55. The van der Waals surface area contributed by atoms with E-state index < -0.39 is 0 Å². The molecule has 2 bridgehead atoms. The Balaban J connectivity index is 2.41. The third-order valence-corrected chi connectivity index (χ3v) is 3.99. The number of halogens is 1. The lowest BCUT2D eigenvalue weighted by molar-refractivity contribution is 0.713. The lowest BCUT2D eigenvalue weighted by Crippen LogP contribution is -1.88. The van der Waals surface area contributed by atoms with Crippen LogP contribution < -0.4 is 0 Å². The SMILES string of the molecule is CC1=C(I)[C@@H]2C=C[C@H]1C2. The van der Waals surface area contributed by atoms with Crippen LogP contribution in [-0.2, 0) is 0 Å². The molecule has 9 heavy (non-hydrogen) atoms. The van der Waals surface area contributed by atoms with Gasteiger partial charge in [0.05, 0.1) is 0 Å². The molecule has 2 rings (SSSR count). The molecule has 0 radical (unpaired) electrons. The third kappa shape index (κ3) is 0.704. The molecule has 0 nitrogen and oxygen atoms in total. The summed E-state index contributed by atoms with van der Waals surface area (Å²) in [4.78, 5) is 0. The molecule has 2 atom stereocenters. The minimum Gasteiger partial charge on any atom is -0.0807 e. The van der Waals surface area contributed by atoms with E-state index in [2.05, 4.69) is 41.7 Å². The van der Waals surface area contributed by atoms with Gasteiger partial charge in [-0.2, -0.15) is 0 Å². The van der Waals surface area contributed by atoms with Crippen molar-refractivity contribution in [2.45, 2.75) is 13.3 Å². The van der Waals surface area contributed by atoms with Crippen molar-refractivity contribution in [1.82, 2.24) is 0 Å². The molecule has 0 amide bonds. The molecule has 48 valence electrons. The van der Waals surface area contributed by atoms with Crippen LogP contribution in [0.25, 0.3) is 0 Å². The van der Waals surface area contributed by atoms with Crippen molar-refractivity contribution in [3.8, 4) is 0 Å². The van der Waals surface area contributed by atoms with Crippen LogP contribution in [0.4, 0.5) is 0 Å². The Morgan fingerprint density at radius 3 is 2.44 bits per heavy atom. The zero-order chi connectivity index (χ0) is 6.43. The molecule has 2 aliphatic carbocycles. The maximum absolute atomic E-state index is 2.48. The largest absolute Gasteiger partial charge is 0.0807 e. The van der Waals surface area contributed by atoms with Crippen molar-refractivity contribution in [3.05, 3.63) is 21.3 Å². The van der Waals surface area contributed by atoms with Crippen LogP contribution in [0.2, 0.25) is 0 Å². The summed E-state index contributed by atoms with van der Waals surface area (Å²) >= 11 is 2.48. The molecule has 0 aromatic carbocycles. The van der Waals surface area contributed by atoms with Gasteiger partial charge in [-0.1, -0.05) is 17.7 Å². The summed E-state index contributed by atoms with van der Waals surface area (Å²) < 4.78 is 1.60. The van der Waals surface area contributed by atoms with Gasteiger partial charge in [0.25, 0.3) is 0 Å². The number of allylic oxidation sites excluding steroid dienone is 4. The van der Waals surface area contributed by atoms with Crippen molar-refractivity contribution in [1.29, 1.82) is 0 Å². The fourth-order valence-corrected chi connectivity index (χ4v) is 2.54. The molecule has 0 aromatic heterocycles. The normalized spacial score (nSPS) is 38.9. The second kappa shape index (κ2) is 1.84. The Morgan fingerprint density at radius 1 is 1.44 bits per heavy atom. The van der Waals surface area contributed by atoms with Gasteiger partial charge in [0.2, 0.25) is 0 Å². The molecular formula is C8H9I. The molecule has 0 spiro atoms. The highest BCUT2D eigenvalue weighted by Gasteiger charge is 2.30. The molecule has 0 saturated heterocycles. The van der Waals surface area contributed by atoms with Crippen LogP contribution in [0.3, 0.4) is 0 Å². The molecule has 0 aromatic rings. The van der Waals surface area contributed by atoms with Crippen molar-refractivity contribution in [3.63, 3.8) is 0 Å². The van der Waals surface area contributed by atoms with E-state index in [1.807, 2.05) is 0 Å². The van der Waals surface area contributed by atoms with Gasteiger partial charge in [-0.15, -0.1) is 0 Å². The van der Waals surface area contributed by atoms with Crippen LogP contribution in [-0.4, -0.2) is 0 Å². The summed E-state index contributed by atoms with van der Waals surface area (Å²) in [5.74, 6) is 1.61. The molecule has 0 saturated carbocycles. The van der Waals surface area contributed by atoms with Gasteiger partial charge in [-0.25, -0.2) is 0 Å². The fourth-order valence-electron chi connectivity index (χ4n) is 1.68. The van der Waals surface area contributed by atoms with E-state index in [0.29, 0.717) is 0 Å². The first-order valence-corrected chi connectivity index (χ1v) is 4.41. The summed E-state index contributed by atoms with van der Waals surface area (Å²) in [7, 11) is 0. The van der Waals surface area contributed by atoms with E-state index in [1.165, 1.54) is 6.42 Å². The average Bonchev–Trinajstić information content (AvgIpc) is 2.37. The summed E-state index contributed by atoms with van der Waals surface area (Å²) in [5.41, 5.74) is 1.61. The third-order valence-electron chi connectivity index (χ3n) is 2.34. The highest BCUT2D eigenvalue weighted by Crippen LogP contribution is 2.46. The van der Waals surface area contributed by atoms with Crippen LogP contribution in [0, 0.1) is 11.8 Å². The van der Waals surface area contributed by atoms with Gasteiger partial charge >= 0.3 is 0 Å². The second-order valence-electron chi connectivity index (χ2n) is 2.86. The maximum atomic E-state index is 2.48. The minimum absolute atomic E-state index is 0.801. The number of hydrogen-bond acceptors (Lipinski definition) is 0. The lowest BCUT2D eigenvalue weighted by atomic mass is 10.1. The van der Waals surface area contributed by atoms with Crippen molar-refractivity contribution >= 4 is 22.6 Å². The predicted octanol–water partition coefficient (Wildman–Crippen LogP) is 2.90. The van der Waals surface area contributed by atoms with Crippen LogP contribution in [0.15, 0.2) is 21.3 Å². The van der Waals surface area contributed by atoms with Gasteiger partial charge in [0.15, 0.2) is 0 Å². The van der Waals surface area contributed by atoms with Crippen molar-refractivity contribution < 1.29 is 0 Å². The number of hydrogen-bond donors (Lipinski definition) is 0. The summed E-state index contributed by atoms with van der Waals surface area (Å²) in [6.45, 7) is 2.26. The van der Waals surface area contributed by atoms with Crippen LogP contribution in [0.5, 0.6) is 0 Å². The first kappa shape index (κ1) is 5.96. The summed E-state index contributed by atoms with van der Waals surface area (Å²) in [5, 5.41) is 0. The standard InChI is InChI=1S/C8H9I/c1-5-6-2-3-7(4-6)8(5)9/h2-3,6-7H,4H2,1H3/t6-,7+/m0/s1. The Hall–Kier alpha value is 0.210. The maximum Gasteiger partial charge on any atom is 0.00845 e. The van der Waals surface area contributed by atoms with E-state index in [1.54, 1.807) is 9.15 Å². The Labute approximate surface area is 69.2 Å². The molecular weight excluding hydrogens is 223 g/mol. The van der Waals surface area contributed by atoms with E-state index >= 15 is 0 Å². The molecule has 0 aliphatic heterocycles. The van der Waals surface area contributed by atoms with Gasteiger partial charge in [-0.3, -0.25) is 0 Å². The topological polar surface area (TPSA) is 0 Å². The average molecular weight is 232 g/mol. The second-order valence-corrected chi connectivity index (χ2v) is 4.03. The highest BCUT2D eigenvalue weighted by molar-refractivity contribution is 14.1. The first-order chi connectivity index (χ1) is 4.29. The zero-order valence-electron chi connectivity index (χ0n) is 5.39. The van der Waals surface area contributed by atoms with Crippen molar-refractivity contribution in [2.75, 3.05) is 0 Å². The Bertz CT molecular complexity index is 181. The van der Waals surface area contributed by atoms with Gasteiger partial charge < -0.3 is 0 Å². The van der Waals surface area contributed by atoms with E-state index in [0.717, 1.165) is 11.8 Å². The lowest BCUT2D eigenvalue weighted by Gasteiger charge is -2.04. The Morgan fingerprint density at radius 2 is 2.11 bits per heavy atom. The summed E-state index contributed by atoms with van der Waals surface area (Å²) in [6.07, 6.45) is 6.06. The molecule has 2 aliphatic rings. The fraction of sp³-hybridized carbons (Fsp3) is 0.500. The highest BCUT2D eigenvalue weighted by atomic mass is 127. The van der Waals surface area contributed by atoms with E-state index in [9.17, 15) is 0 Å². The number of rotatable bonds is 0. The van der Waals surface area contributed by atoms with Crippen molar-refractivity contribution in [2.24, 2.45) is 11.8 Å². The summed E-state index contributed by atoms with van der Waals surface area (Å²) in [6, 6.07) is 0. The van der Waals surface area contributed by atoms with Crippen LogP contribution in [0.1, 0.15) is 13.3 Å². The quantitative estimate of drug-likeness (QED) is 0.445. The smallest absolute Gasteiger partial charge is 0.00845 e. The monoisotopic (exact) mass is 232 g/mol. The van der Waals surface area contributed by atoms with E-state index in [4.69, 9.17) is 0 Å². The first-order valence-electron chi connectivity index (χ1n) is 3.33. The van der Waals surface area contributed by atoms with Gasteiger partial charge in [0.1, 0.15) is 0 Å². The van der Waals surface area contributed by atoms with Gasteiger partial charge in [-0.05, 0) is 45.4 Å². The van der Waals surface area contributed by atoms with Gasteiger partial charge in [0, 0.05) is 5.92 Å². The molecule has 0 unspecified atom stereocenters. The molecule has 1 heteroatoms. The molecule has 0 heterocycles. The number of fused-ring (bicyclic) bond motifs is 2.